The predicted octanol–water partition coefficient (Wildman–Crippen LogP) is 6.86. The largest absolute Gasteiger partial charge is 0.508 e. The Kier molecular flexibility index (Phi) is 6.65. The molecular weight excluding hydrogens is 422 g/mol. The minimum absolute atomic E-state index is 0.0187. The molecule has 0 aliphatic rings. The molecule has 0 atom stereocenters. The molecule has 28 heavy (non-hydrogen) atoms. The molecule has 3 aromatic rings. The van der Waals surface area contributed by atoms with Crippen molar-refractivity contribution in [1.29, 1.82) is 0 Å². The van der Waals surface area contributed by atoms with Crippen molar-refractivity contribution in [2.75, 3.05) is 11.9 Å². The maximum absolute atomic E-state index is 14.2. The number of ether oxygens (including phenoxy) is 1. The van der Waals surface area contributed by atoms with Crippen LogP contribution in [0.15, 0.2) is 35.7 Å². The highest BCUT2D eigenvalue weighted by Gasteiger charge is 2.20. The van der Waals surface area contributed by atoms with E-state index >= 15 is 0 Å². The minimum Gasteiger partial charge on any atom is -0.508 e. The quantitative estimate of drug-likeness (QED) is 0.393. The van der Waals surface area contributed by atoms with Crippen molar-refractivity contribution in [3.05, 3.63) is 62.1 Å². The third-order valence-corrected chi connectivity index (χ3v) is 5.70. The van der Waals surface area contributed by atoms with Crippen molar-refractivity contribution in [2.45, 2.75) is 26.2 Å². The van der Waals surface area contributed by atoms with Gasteiger partial charge in [0.15, 0.2) is 11.6 Å². The number of halogens is 3. The van der Waals surface area contributed by atoms with Gasteiger partial charge in [-0.05, 0) is 42.0 Å². The van der Waals surface area contributed by atoms with Crippen LogP contribution in [0.3, 0.4) is 0 Å². The number of anilines is 1. The molecule has 0 fully saturated rings. The maximum atomic E-state index is 14.2. The first-order chi connectivity index (χ1) is 13.4. The molecule has 2 N–H and O–H groups in total. The fraction of sp³-hybridized carbons (Fsp3) is 0.250. The molecule has 0 bridgehead atoms. The molecule has 0 aliphatic heterocycles. The van der Waals surface area contributed by atoms with Crippen molar-refractivity contribution in [1.82, 2.24) is 4.98 Å². The highest BCUT2D eigenvalue weighted by molar-refractivity contribution is 7.09. The minimum atomic E-state index is -0.873. The summed E-state index contributed by atoms with van der Waals surface area (Å²) in [4.78, 5) is 4.99. The van der Waals surface area contributed by atoms with Crippen LogP contribution >= 0.6 is 34.5 Å². The van der Waals surface area contributed by atoms with E-state index in [-0.39, 0.29) is 33.3 Å². The van der Waals surface area contributed by atoms with Crippen molar-refractivity contribution in [3.8, 4) is 17.2 Å². The smallest absolute Gasteiger partial charge is 0.237 e. The van der Waals surface area contributed by atoms with Gasteiger partial charge in [-0.2, -0.15) is 9.37 Å². The summed E-state index contributed by atoms with van der Waals surface area (Å²) in [6.45, 7) is 4.42. The first-order valence-corrected chi connectivity index (χ1v) is 10.3. The third kappa shape index (κ3) is 4.69. The molecule has 0 aliphatic carbocycles. The van der Waals surface area contributed by atoms with Gasteiger partial charge in [0.05, 0.1) is 0 Å². The van der Waals surface area contributed by atoms with Crippen molar-refractivity contribution < 1.29 is 14.2 Å². The number of benzene rings is 1. The number of phenols is 1. The molecule has 0 amide bonds. The zero-order chi connectivity index (χ0) is 20.3. The van der Waals surface area contributed by atoms with Gasteiger partial charge in [-0.25, -0.2) is 0 Å². The Hall–Kier alpha value is -2.02. The summed E-state index contributed by atoms with van der Waals surface area (Å²) in [5.74, 6) is -0.0923. The summed E-state index contributed by atoms with van der Waals surface area (Å²) >= 11 is 14.1. The van der Waals surface area contributed by atoms with Crippen LogP contribution in [-0.4, -0.2) is 16.6 Å². The summed E-state index contributed by atoms with van der Waals surface area (Å²) in [5, 5.41) is 14.8. The topological polar surface area (TPSA) is 54.4 Å². The molecule has 2 aromatic heterocycles. The summed E-state index contributed by atoms with van der Waals surface area (Å²) in [5.41, 5.74) is 0.702. The number of rotatable bonds is 7. The number of nitrogens with zero attached hydrogens (tertiary/aromatic N) is 1. The molecule has 0 spiro atoms. The SMILES string of the molecule is CC(C)c1cc(Oc2c(Cl)c(F)nc(NCCc3cccs3)c2Cl)ccc1O. The van der Waals surface area contributed by atoms with Gasteiger partial charge >= 0.3 is 0 Å². The van der Waals surface area contributed by atoms with Gasteiger partial charge < -0.3 is 15.2 Å². The van der Waals surface area contributed by atoms with Gasteiger partial charge in [0.1, 0.15) is 21.5 Å². The monoisotopic (exact) mass is 440 g/mol. The molecule has 4 nitrogen and oxygen atoms in total. The molecule has 2 heterocycles. The molecule has 1 aromatic carbocycles. The molecule has 0 saturated carbocycles. The fourth-order valence-corrected chi connectivity index (χ4v) is 3.81. The van der Waals surface area contributed by atoms with Crippen molar-refractivity contribution in [2.24, 2.45) is 0 Å². The van der Waals surface area contributed by atoms with Gasteiger partial charge in [0.25, 0.3) is 0 Å². The lowest BCUT2D eigenvalue weighted by Crippen LogP contribution is -2.08. The second-order valence-corrected chi connectivity index (χ2v) is 8.23. The normalized spacial score (nSPS) is 11.1. The van der Waals surface area contributed by atoms with E-state index in [0.717, 1.165) is 6.42 Å². The van der Waals surface area contributed by atoms with Gasteiger partial charge in [-0.3, -0.25) is 0 Å². The van der Waals surface area contributed by atoms with E-state index in [1.165, 1.54) is 10.9 Å². The Balaban J connectivity index is 1.84. The number of hydrogen-bond donors (Lipinski definition) is 2. The summed E-state index contributed by atoms with van der Waals surface area (Å²) in [7, 11) is 0. The zero-order valence-corrected chi connectivity index (χ0v) is 17.6. The van der Waals surface area contributed by atoms with E-state index in [9.17, 15) is 9.50 Å². The van der Waals surface area contributed by atoms with E-state index < -0.39 is 5.95 Å². The molecular formula is C20H19Cl2FN2O2S. The first kappa shape index (κ1) is 20.7. The molecule has 0 unspecified atom stereocenters. The van der Waals surface area contributed by atoms with Crippen LogP contribution in [-0.2, 0) is 6.42 Å². The first-order valence-electron chi connectivity index (χ1n) is 8.68. The van der Waals surface area contributed by atoms with Gasteiger partial charge in [0.2, 0.25) is 5.95 Å². The molecule has 3 rings (SSSR count). The van der Waals surface area contributed by atoms with Crippen molar-refractivity contribution in [3.63, 3.8) is 0 Å². The highest BCUT2D eigenvalue weighted by Crippen LogP contribution is 2.42. The average Bonchev–Trinajstić information content (AvgIpc) is 3.17. The summed E-state index contributed by atoms with van der Waals surface area (Å²) < 4.78 is 20.0. The second-order valence-electron chi connectivity index (χ2n) is 6.44. The highest BCUT2D eigenvalue weighted by atomic mass is 35.5. The number of hydrogen-bond acceptors (Lipinski definition) is 5. The number of pyridine rings is 1. The van der Waals surface area contributed by atoms with Gasteiger partial charge in [0, 0.05) is 17.0 Å². The maximum Gasteiger partial charge on any atom is 0.237 e. The van der Waals surface area contributed by atoms with E-state index in [0.29, 0.717) is 17.9 Å². The second kappa shape index (κ2) is 8.99. The molecule has 0 saturated heterocycles. The van der Waals surface area contributed by atoms with Crippen LogP contribution in [0.25, 0.3) is 0 Å². The Morgan fingerprint density at radius 1 is 1.25 bits per heavy atom. The van der Waals surface area contributed by atoms with Gasteiger partial charge in [-0.1, -0.05) is 43.1 Å². The van der Waals surface area contributed by atoms with Gasteiger partial charge in [-0.15, -0.1) is 11.3 Å². The lowest BCUT2D eigenvalue weighted by atomic mass is 10.0. The van der Waals surface area contributed by atoms with Crippen LogP contribution in [0.4, 0.5) is 10.2 Å². The summed E-state index contributed by atoms with van der Waals surface area (Å²) in [6, 6.07) is 8.76. The van der Waals surface area contributed by atoms with Crippen LogP contribution in [0, 0.1) is 5.95 Å². The van der Waals surface area contributed by atoms with Crippen LogP contribution in [0.1, 0.15) is 30.2 Å². The van der Waals surface area contributed by atoms with E-state index in [2.05, 4.69) is 10.3 Å². The standard InChI is InChI=1S/C20H19Cl2FN2O2S/c1-11(2)14-10-12(5-6-15(14)26)27-18-16(21)19(23)25-20(17(18)22)24-8-7-13-4-3-9-28-13/h3-6,9-11,26H,7-8H2,1-2H3,(H,24,25). The predicted molar refractivity (Wildman–Crippen MR) is 113 cm³/mol. The van der Waals surface area contributed by atoms with E-state index in [1.54, 1.807) is 23.5 Å². The average molecular weight is 441 g/mol. The van der Waals surface area contributed by atoms with Crippen LogP contribution in [0.5, 0.6) is 17.2 Å². The molecule has 8 heteroatoms. The Morgan fingerprint density at radius 2 is 2.04 bits per heavy atom. The third-order valence-electron chi connectivity index (χ3n) is 4.08. The Morgan fingerprint density at radius 3 is 2.71 bits per heavy atom. The zero-order valence-electron chi connectivity index (χ0n) is 15.3. The van der Waals surface area contributed by atoms with E-state index in [1.807, 2.05) is 31.4 Å². The van der Waals surface area contributed by atoms with Crippen LogP contribution in [0.2, 0.25) is 10.0 Å². The number of aromatic nitrogens is 1. The van der Waals surface area contributed by atoms with Crippen molar-refractivity contribution >= 4 is 40.4 Å². The Bertz CT molecular complexity index is 965. The fourth-order valence-electron chi connectivity index (χ4n) is 2.64. The lowest BCUT2D eigenvalue weighted by Gasteiger charge is -2.15. The lowest BCUT2D eigenvalue weighted by molar-refractivity contribution is 0.452. The molecule has 148 valence electrons. The van der Waals surface area contributed by atoms with Crippen LogP contribution < -0.4 is 10.1 Å². The number of phenolic OH excluding ortho intramolecular Hbond substituents is 1. The molecule has 0 radical (unpaired) electrons. The summed E-state index contributed by atoms with van der Waals surface area (Å²) in [6.07, 6.45) is 0.756. The number of aromatic hydroxyl groups is 1. The van der Waals surface area contributed by atoms with E-state index in [4.69, 9.17) is 27.9 Å². The number of thiophene rings is 1. The number of nitrogens with one attached hydrogen (secondary N) is 1. The Labute approximate surface area is 176 Å².